The molecule has 0 atom stereocenters. The smallest absolute Gasteiger partial charge is 0.0717 e. The average molecular weight is 494 g/mol. The maximum absolute atomic E-state index is 5.66. The molecule has 0 radical (unpaired) electrons. The highest BCUT2D eigenvalue weighted by molar-refractivity contribution is 6.21. The van der Waals surface area contributed by atoms with Gasteiger partial charge in [-0.3, -0.25) is 0 Å². The van der Waals surface area contributed by atoms with Crippen LogP contribution in [0, 0.1) is 6.92 Å². The summed E-state index contributed by atoms with van der Waals surface area (Å²) in [5.74, 6) is 0. The predicted octanol–water partition coefficient (Wildman–Crippen LogP) is 8.78. The molecule has 0 spiro atoms. The number of fused-ring (bicyclic) bond motifs is 2. The maximum atomic E-state index is 5.66. The number of aryl methyl sites for hydroxylation is 1. The van der Waals surface area contributed by atoms with Crippen molar-refractivity contribution in [1.29, 1.82) is 0 Å². The molecule has 2 nitrogen and oxygen atoms in total. The Kier molecular flexibility index (Phi) is 6.75. The Bertz CT molecular complexity index is 1700. The molecule has 0 aliphatic rings. The fourth-order valence-corrected chi connectivity index (χ4v) is 5.37. The topological polar surface area (TPSA) is 35.2 Å². The zero-order valence-corrected chi connectivity index (χ0v) is 21.7. The molecular weight excluding hydrogens is 462 g/mol. The molecule has 0 heterocycles. The predicted molar refractivity (Wildman–Crippen MR) is 161 cm³/mol. The number of ether oxygens (including phenoxy) is 1. The normalized spacial score (nSPS) is 11.3. The standard InChI is InChI=1S/C36H31NO/c1-25-11-15-28(16-12-25)36-32-10-6-5-9-31(32)35(29-17-13-26(14-18-29)24-38-22-21-37)33-20-19-30(23-34(33)36)27-7-3-2-4-8-27/h2-20,23H,21-22,24,37H2,1H3. The average Bonchev–Trinajstić information content (AvgIpc) is 2.97. The largest absolute Gasteiger partial charge is 0.375 e. The molecule has 0 saturated heterocycles. The lowest BCUT2D eigenvalue weighted by molar-refractivity contribution is 0.128. The summed E-state index contributed by atoms with van der Waals surface area (Å²) in [6.07, 6.45) is 0. The molecule has 186 valence electrons. The van der Waals surface area contributed by atoms with Crippen LogP contribution in [0.2, 0.25) is 0 Å². The van der Waals surface area contributed by atoms with Crippen molar-refractivity contribution in [2.75, 3.05) is 13.2 Å². The van der Waals surface area contributed by atoms with E-state index >= 15 is 0 Å². The van der Waals surface area contributed by atoms with Crippen LogP contribution in [0.25, 0.3) is 54.9 Å². The first-order valence-corrected chi connectivity index (χ1v) is 13.2. The molecule has 0 fully saturated rings. The van der Waals surface area contributed by atoms with Crippen LogP contribution >= 0.6 is 0 Å². The van der Waals surface area contributed by atoms with Crippen molar-refractivity contribution >= 4 is 21.5 Å². The minimum absolute atomic E-state index is 0.536. The third kappa shape index (κ3) is 4.61. The van der Waals surface area contributed by atoms with Gasteiger partial charge in [0.2, 0.25) is 0 Å². The quantitative estimate of drug-likeness (QED) is 0.178. The van der Waals surface area contributed by atoms with Crippen molar-refractivity contribution < 1.29 is 4.74 Å². The summed E-state index contributed by atoms with van der Waals surface area (Å²) in [6, 6.07) is 44.0. The molecule has 0 bridgehead atoms. The van der Waals surface area contributed by atoms with E-state index in [2.05, 4.69) is 128 Å². The first kappa shape index (κ1) is 24.1. The fourth-order valence-electron chi connectivity index (χ4n) is 5.37. The summed E-state index contributed by atoms with van der Waals surface area (Å²) in [5.41, 5.74) is 15.4. The Morgan fingerprint density at radius 2 is 1.08 bits per heavy atom. The van der Waals surface area contributed by atoms with Crippen LogP contribution in [-0.4, -0.2) is 13.2 Å². The van der Waals surface area contributed by atoms with Gasteiger partial charge >= 0.3 is 0 Å². The summed E-state index contributed by atoms with van der Waals surface area (Å²) in [7, 11) is 0. The lowest BCUT2D eigenvalue weighted by Crippen LogP contribution is -2.08. The number of hydrogen-bond acceptors (Lipinski definition) is 2. The molecule has 2 heteroatoms. The van der Waals surface area contributed by atoms with E-state index in [0.29, 0.717) is 19.8 Å². The Morgan fingerprint density at radius 1 is 0.526 bits per heavy atom. The third-order valence-electron chi connectivity index (χ3n) is 7.24. The monoisotopic (exact) mass is 493 g/mol. The number of hydrogen-bond donors (Lipinski definition) is 1. The highest BCUT2D eigenvalue weighted by atomic mass is 16.5. The summed E-state index contributed by atoms with van der Waals surface area (Å²) in [4.78, 5) is 0. The van der Waals surface area contributed by atoms with Crippen LogP contribution in [0.15, 0.2) is 121 Å². The second kappa shape index (κ2) is 10.6. The van der Waals surface area contributed by atoms with Gasteiger partial charge in [0.25, 0.3) is 0 Å². The van der Waals surface area contributed by atoms with Crippen molar-refractivity contribution in [2.45, 2.75) is 13.5 Å². The zero-order chi connectivity index (χ0) is 25.9. The molecule has 38 heavy (non-hydrogen) atoms. The molecule has 0 aliphatic carbocycles. The van der Waals surface area contributed by atoms with Crippen LogP contribution in [0.4, 0.5) is 0 Å². The van der Waals surface area contributed by atoms with Crippen LogP contribution in [0.3, 0.4) is 0 Å². The van der Waals surface area contributed by atoms with E-state index in [1.807, 2.05) is 0 Å². The lowest BCUT2D eigenvalue weighted by Gasteiger charge is -2.19. The van der Waals surface area contributed by atoms with E-state index < -0.39 is 0 Å². The lowest BCUT2D eigenvalue weighted by atomic mass is 9.84. The van der Waals surface area contributed by atoms with Gasteiger partial charge in [-0.15, -0.1) is 0 Å². The van der Waals surface area contributed by atoms with Crippen molar-refractivity contribution in [3.05, 3.63) is 132 Å². The SMILES string of the molecule is Cc1ccc(-c2c3ccccc3c(-c3ccc(COCCN)cc3)c3ccc(-c4ccccc4)cc23)cc1. The molecule has 6 aromatic carbocycles. The molecule has 6 rings (SSSR count). The van der Waals surface area contributed by atoms with Crippen LogP contribution < -0.4 is 5.73 Å². The highest BCUT2D eigenvalue weighted by Crippen LogP contribution is 2.44. The molecule has 2 N–H and O–H groups in total. The minimum Gasteiger partial charge on any atom is -0.375 e. The first-order valence-electron chi connectivity index (χ1n) is 13.2. The van der Waals surface area contributed by atoms with Gasteiger partial charge in [-0.2, -0.15) is 0 Å². The maximum Gasteiger partial charge on any atom is 0.0717 e. The summed E-state index contributed by atoms with van der Waals surface area (Å²) in [5, 5.41) is 5.04. The van der Waals surface area contributed by atoms with Gasteiger partial charge < -0.3 is 10.5 Å². The fraction of sp³-hybridized carbons (Fsp3) is 0.111. The molecule has 0 unspecified atom stereocenters. The molecule has 0 aliphatic heterocycles. The molecule has 0 amide bonds. The highest BCUT2D eigenvalue weighted by Gasteiger charge is 2.17. The summed E-state index contributed by atoms with van der Waals surface area (Å²) < 4.78 is 5.66. The van der Waals surface area contributed by atoms with Crippen molar-refractivity contribution in [1.82, 2.24) is 0 Å². The Morgan fingerprint density at radius 3 is 1.74 bits per heavy atom. The van der Waals surface area contributed by atoms with E-state index in [9.17, 15) is 0 Å². The van der Waals surface area contributed by atoms with Gasteiger partial charge in [0.1, 0.15) is 0 Å². The first-order chi connectivity index (χ1) is 18.7. The summed E-state index contributed by atoms with van der Waals surface area (Å²) >= 11 is 0. The molecule has 0 saturated carbocycles. The number of rotatable bonds is 7. The van der Waals surface area contributed by atoms with Crippen LogP contribution in [0.1, 0.15) is 11.1 Å². The molecular formula is C36H31NO. The van der Waals surface area contributed by atoms with E-state index in [-0.39, 0.29) is 0 Å². The molecule has 0 aromatic heterocycles. The Labute approximate surface area is 224 Å². The van der Waals surface area contributed by atoms with Crippen LogP contribution in [-0.2, 0) is 11.3 Å². The van der Waals surface area contributed by atoms with Crippen molar-refractivity contribution in [2.24, 2.45) is 5.73 Å². The van der Waals surface area contributed by atoms with E-state index in [4.69, 9.17) is 10.5 Å². The number of benzene rings is 6. The van der Waals surface area contributed by atoms with E-state index in [1.165, 1.54) is 60.5 Å². The van der Waals surface area contributed by atoms with E-state index in [1.54, 1.807) is 0 Å². The third-order valence-corrected chi connectivity index (χ3v) is 7.24. The van der Waals surface area contributed by atoms with Gasteiger partial charge in [0.05, 0.1) is 13.2 Å². The Hall–Kier alpha value is -4.24. The van der Waals surface area contributed by atoms with Crippen LogP contribution in [0.5, 0.6) is 0 Å². The van der Waals surface area contributed by atoms with Gasteiger partial charge in [-0.05, 0) is 73.5 Å². The van der Waals surface area contributed by atoms with E-state index in [0.717, 1.165) is 5.56 Å². The van der Waals surface area contributed by atoms with Gasteiger partial charge in [0.15, 0.2) is 0 Å². The second-order valence-corrected chi connectivity index (χ2v) is 9.83. The van der Waals surface area contributed by atoms with Gasteiger partial charge in [0, 0.05) is 6.54 Å². The van der Waals surface area contributed by atoms with Gasteiger partial charge in [-0.25, -0.2) is 0 Å². The second-order valence-electron chi connectivity index (χ2n) is 9.83. The number of nitrogens with two attached hydrogens (primary N) is 1. The summed E-state index contributed by atoms with van der Waals surface area (Å²) in [6.45, 7) is 3.82. The minimum atomic E-state index is 0.536. The van der Waals surface area contributed by atoms with Gasteiger partial charge in [-0.1, -0.05) is 121 Å². The van der Waals surface area contributed by atoms with Crippen molar-refractivity contribution in [3.63, 3.8) is 0 Å². The Balaban J connectivity index is 1.63. The van der Waals surface area contributed by atoms with Crippen molar-refractivity contribution in [3.8, 4) is 33.4 Å². The zero-order valence-electron chi connectivity index (χ0n) is 21.7. The molecule has 6 aromatic rings.